The minimum atomic E-state index is -0.937. The van der Waals surface area contributed by atoms with Crippen molar-refractivity contribution in [2.24, 2.45) is 0 Å². The highest BCUT2D eigenvalue weighted by Gasteiger charge is 2.29. The molecule has 1 N–H and O–H groups in total. The Balaban J connectivity index is 1.99. The average molecular weight is 269 g/mol. The van der Waals surface area contributed by atoms with Crippen LogP contribution in [0.3, 0.4) is 0 Å². The summed E-state index contributed by atoms with van der Waals surface area (Å²) in [6.07, 6.45) is 7.21. The van der Waals surface area contributed by atoms with Crippen LogP contribution in [0.1, 0.15) is 34.8 Å². The molecule has 1 atom stereocenters. The molecule has 3 heterocycles. The summed E-state index contributed by atoms with van der Waals surface area (Å²) < 4.78 is 0. The first-order valence-corrected chi connectivity index (χ1v) is 6.62. The lowest BCUT2D eigenvalue weighted by molar-refractivity contribution is 0.0697. The molecule has 0 spiro atoms. The molecule has 5 heteroatoms. The minimum Gasteiger partial charge on any atom is -0.478 e. The lowest BCUT2D eigenvalue weighted by atomic mass is 10.1. The van der Waals surface area contributed by atoms with Crippen molar-refractivity contribution in [2.45, 2.75) is 18.9 Å². The molecule has 1 aliphatic rings. The molecule has 0 radical (unpaired) electrons. The van der Waals surface area contributed by atoms with Gasteiger partial charge >= 0.3 is 5.97 Å². The number of nitrogens with zero attached hydrogens (tertiary/aromatic N) is 3. The first-order valence-electron chi connectivity index (χ1n) is 6.62. The summed E-state index contributed by atoms with van der Waals surface area (Å²) >= 11 is 0. The van der Waals surface area contributed by atoms with Gasteiger partial charge in [-0.05, 0) is 42.7 Å². The molecule has 2 aromatic heterocycles. The van der Waals surface area contributed by atoms with Crippen molar-refractivity contribution in [1.82, 2.24) is 9.97 Å². The van der Waals surface area contributed by atoms with E-state index in [1.807, 2.05) is 12.1 Å². The second-order valence-electron chi connectivity index (χ2n) is 4.81. The summed E-state index contributed by atoms with van der Waals surface area (Å²) in [5.41, 5.74) is 1.41. The number of carbonyl (C=O) groups is 1. The molecule has 1 fully saturated rings. The van der Waals surface area contributed by atoms with Gasteiger partial charge in [-0.1, -0.05) is 0 Å². The second-order valence-corrected chi connectivity index (χ2v) is 4.81. The largest absolute Gasteiger partial charge is 0.478 e. The van der Waals surface area contributed by atoms with Crippen LogP contribution in [-0.2, 0) is 0 Å². The number of aromatic carboxylic acids is 1. The summed E-state index contributed by atoms with van der Waals surface area (Å²) in [5.74, 6) is -0.382. The predicted octanol–water partition coefficient (Wildman–Crippen LogP) is 2.52. The van der Waals surface area contributed by atoms with Gasteiger partial charge in [0.05, 0.1) is 6.04 Å². The molecule has 0 bridgehead atoms. The zero-order valence-corrected chi connectivity index (χ0v) is 10.9. The highest BCUT2D eigenvalue weighted by Crippen LogP contribution is 2.36. The van der Waals surface area contributed by atoms with E-state index < -0.39 is 5.97 Å². The third-order valence-electron chi connectivity index (χ3n) is 3.63. The smallest absolute Gasteiger partial charge is 0.339 e. The van der Waals surface area contributed by atoms with E-state index in [1.165, 1.54) is 0 Å². The normalized spacial score (nSPS) is 18.2. The van der Waals surface area contributed by atoms with Gasteiger partial charge in [0.25, 0.3) is 0 Å². The molecule has 20 heavy (non-hydrogen) atoms. The molecule has 0 aromatic carbocycles. The third kappa shape index (κ3) is 2.22. The standard InChI is InChI=1S/C15H15N3O2/c19-15(20)12-3-1-7-17-14(12)18-10-2-4-13(18)11-5-8-16-9-6-11/h1,3,5-9,13H,2,4,10H2,(H,19,20)/t13-/m0/s1. The molecule has 3 rings (SSSR count). The Morgan fingerprint density at radius 1 is 1.25 bits per heavy atom. The van der Waals surface area contributed by atoms with Crippen LogP contribution in [0.5, 0.6) is 0 Å². The third-order valence-corrected chi connectivity index (χ3v) is 3.63. The van der Waals surface area contributed by atoms with Crippen molar-refractivity contribution in [3.8, 4) is 0 Å². The van der Waals surface area contributed by atoms with E-state index in [4.69, 9.17) is 0 Å². The first-order chi connectivity index (χ1) is 9.77. The van der Waals surface area contributed by atoms with Crippen LogP contribution in [0, 0.1) is 0 Å². The van der Waals surface area contributed by atoms with Crippen molar-refractivity contribution in [3.05, 3.63) is 54.0 Å². The number of hydrogen-bond acceptors (Lipinski definition) is 4. The number of carboxylic acids is 1. The highest BCUT2D eigenvalue weighted by atomic mass is 16.4. The monoisotopic (exact) mass is 269 g/mol. The maximum atomic E-state index is 11.3. The Bertz CT molecular complexity index is 616. The molecular weight excluding hydrogens is 254 g/mol. The fourth-order valence-corrected chi connectivity index (χ4v) is 2.75. The maximum Gasteiger partial charge on any atom is 0.339 e. The summed E-state index contributed by atoms with van der Waals surface area (Å²) in [5, 5.41) is 9.31. The van der Waals surface area contributed by atoms with Gasteiger partial charge in [0.1, 0.15) is 11.4 Å². The van der Waals surface area contributed by atoms with E-state index in [9.17, 15) is 9.90 Å². The van der Waals surface area contributed by atoms with Crippen molar-refractivity contribution in [2.75, 3.05) is 11.4 Å². The Morgan fingerprint density at radius 3 is 2.80 bits per heavy atom. The number of aromatic nitrogens is 2. The van der Waals surface area contributed by atoms with Crippen molar-refractivity contribution < 1.29 is 9.90 Å². The molecule has 102 valence electrons. The van der Waals surface area contributed by atoms with E-state index in [-0.39, 0.29) is 11.6 Å². The number of carboxylic acid groups (broad SMARTS) is 1. The van der Waals surface area contributed by atoms with Crippen LogP contribution in [0.2, 0.25) is 0 Å². The summed E-state index contributed by atoms with van der Waals surface area (Å²) in [4.78, 5) is 21.7. The van der Waals surface area contributed by atoms with Gasteiger partial charge in [0.15, 0.2) is 0 Å². The Hall–Kier alpha value is -2.43. The van der Waals surface area contributed by atoms with E-state index >= 15 is 0 Å². The lowest BCUT2D eigenvalue weighted by Gasteiger charge is -2.27. The summed E-state index contributed by atoms with van der Waals surface area (Å²) in [6.45, 7) is 0.824. The van der Waals surface area contributed by atoms with E-state index in [0.717, 1.165) is 24.9 Å². The van der Waals surface area contributed by atoms with Gasteiger partial charge < -0.3 is 10.0 Å². The lowest BCUT2D eigenvalue weighted by Crippen LogP contribution is -2.25. The fourth-order valence-electron chi connectivity index (χ4n) is 2.75. The van der Waals surface area contributed by atoms with Gasteiger partial charge in [-0.15, -0.1) is 0 Å². The van der Waals surface area contributed by atoms with Crippen molar-refractivity contribution in [3.63, 3.8) is 0 Å². The van der Waals surface area contributed by atoms with Crippen molar-refractivity contribution >= 4 is 11.8 Å². The minimum absolute atomic E-state index is 0.172. The van der Waals surface area contributed by atoms with Gasteiger partial charge in [-0.25, -0.2) is 9.78 Å². The molecule has 5 nitrogen and oxygen atoms in total. The van der Waals surface area contributed by atoms with Crippen LogP contribution in [0.15, 0.2) is 42.9 Å². The number of anilines is 1. The van der Waals surface area contributed by atoms with Gasteiger partial charge in [0, 0.05) is 25.1 Å². The highest BCUT2D eigenvalue weighted by molar-refractivity contribution is 5.93. The number of pyridine rings is 2. The SMILES string of the molecule is O=C(O)c1cccnc1N1CCC[C@H]1c1ccncc1. The molecular formula is C15H15N3O2. The Labute approximate surface area is 116 Å². The van der Waals surface area contributed by atoms with E-state index in [0.29, 0.717) is 5.82 Å². The summed E-state index contributed by atoms with van der Waals surface area (Å²) in [6, 6.07) is 7.39. The Kier molecular flexibility index (Phi) is 3.33. The van der Waals surface area contributed by atoms with Gasteiger partial charge in [-0.3, -0.25) is 4.98 Å². The molecule has 0 amide bonds. The van der Waals surface area contributed by atoms with Gasteiger partial charge in [-0.2, -0.15) is 0 Å². The quantitative estimate of drug-likeness (QED) is 0.927. The van der Waals surface area contributed by atoms with Crippen LogP contribution < -0.4 is 4.90 Å². The summed E-state index contributed by atoms with van der Waals surface area (Å²) in [7, 11) is 0. The Morgan fingerprint density at radius 2 is 2.05 bits per heavy atom. The zero-order chi connectivity index (χ0) is 13.9. The molecule has 1 saturated heterocycles. The van der Waals surface area contributed by atoms with Crippen molar-refractivity contribution in [1.29, 1.82) is 0 Å². The molecule has 0 aliphatic carbocycles. The predicted molar refractivity (Wildman–Crippen MR) is 74.8 cm³/mol. The van der Waals surface area contributed by atoms with Crippen LogP contribution in [-0.4, -0.2) is 27.6 Å². The molecule has 0 unspecified atom stereocenters. The van der Waals surface area contributed by atoms with Crippen LogP contribution >= 0.6 is 0 Å². The average Bonchev–Trinajstić information content (AvgIpc) is 2.97. The zero-order valence-electron chi connectivity index (χ0n) is 10.9. The van der Waals surface area contributed by atoms with Crippen LogP contribution in [0.25, 0.3) is 0 Å². The van der Waals surface area contributed by atoms with E-state index in [1.54, 1.807) is 30.7 Å². The second kappa shape index (κ2) is 5.28. The first kappa shape index (κ1) is 12.6. The number of hydrogen-bond donors (Lipinski definition) is 1. The molecule has 0 saturated carbocycles. The fraction of sp³-hybridized carbons (Fsp3) is 0.267. The maximum absolute atomic E-state index is 11.3. The van der Waals surface area contributed by atoms with Crippen LogP contribution in [0.4, 0.5) is 5.82 Å². The molecule has 2 aromatic rings. The topological polar surface area (TPSA) is 66.3 Å². The van der Waals surface area contributed by atoms with Gasteiger partial charge in [0.2, 0.25) is 0 Å². The number of rotatable bonds is 3. The van der Waals surface area contributed by atoms with E-state index in [2.05, 4.69) is 14.9 Å². The molecule has 1 aliphatic heterocycles.